The minimum Gasteiger partial charge on any atom is -0.346 e. The van der Waals surface area contributed by atoms with Gasteiger partial charge in [-0.05, 0) is 35.7 Å². The molecule has 2 N–H and O–H groups in total. The van der Waals surface area contributed by atoms with Gasteiger partial charge in [-0.25, -0.2) is 0 Å². The van der Waals surface area contributed by atoms with Crippen LogP contribution in [0, 0.1) is 0 Å². The monoisotopic (exact) mass is 467 g/mol. The molecule has 2 aromatic rings. The van der Waals surface area contributed by atoms with E-state index in [1.807, 2.05) is 0 Å². The highest BCUT2D eigenvalue weighted by molar-refractivity contribution is 6.30. The normalized spacial score (nSPS) is 23.5. The second-order valence-corrected chi connectivity index (χ2v) is 7.50. The SMILES string of the molecule is [2H]N1C(=O)C(N2Cc3cc(C([2H])([2H])N([2H])C(=O)C(F)(F)c4ccc(Cl)cc4)ccc3C2=O)CC([2H])([2H])C1=O. The van der Waals surface area contributed by atoms with Gasteiger partial charge in [0.1, 0.15) is 6.04 Å². The molecule has 0 spiro atoms. The number of imide groups is 1. The van der Waals surface area contributed by atoms with Crippen LogP contribution in [0.4, 0.5) is 8.78 Å². The van der Waals surface area contributed by atoms with Crippen molar-refractivity contribution in [3.8, 4) is 0 Å². The van der Waals surface area contributed by atoms with Crippen LogP contribution < -0.4 is 10.6 Å². The molecule has 2 aliphatic heterocycles. The van der Waals surface area contributed by atoms with Crippen molar-refractivity contribution in [3.05, 3.63) is 69.7 Å². The highest BCUT2D eigenvalue weighted by Crippen LogP contribution is 2.30. The Bertz CT molecular complexity index is 1360. The van der Waals surface area contributed by atoms with E-state index in [4.69, 9.17) is 19.9 Å². The largest absolute Gasteiger partial charge is 0.349 e. The first-order valence-electron chi connectivity index (χ1n) is 12.2. The van der Waals surface area contributed by atoms with Crippen LogP contribution in [-0.4, -0.2) is 34.6 Å². The predicted molar refractivity (Wildman–Crippen MR) is 110 cm³/mol. The van der Waals surface area contributed by atoms with E-state index in [1.165, 1.54) is 0 Å². The van der Waals surface area contributed by atoms with E-state index >= 15 is 0 Å². The quantitative estimate of drug-likeness (QED) is 0.660. The Morgan fingerprint density at radius 1 is 1.31 bits per heavy atom. The summed E-state index contributed by atoms with van der Waals surface area (Å²) in [5.74, 6) is -9.65. The number of alkyl halides is 2. The maximum atomic E-state index is 14.8. The van der Waals surface area contributed by atoms with Crippen LogP contribution in [0.2, 0.25) is 7.85 Å². The van der Waals surface area contributed by atoms with Gasteiger partial charge in [-0.15, -0.1) is 0 Å². The van der Waals surface area contributed by atoms with Gasteiger partial charge in [0.2, 0.25) is 11.8 Å². The number of halogens is 3. The fourth-order valence-corrected chi connectivity index (χ4v) is 3.49. The van der Waals surface area contributed by atoms with Crippen LogP contribution in [0.25, 0.3) is 0 Å². The lowest BCUT2D eigenvalue weighted by Crippen LogP contribution is -2.52. The van der Waals surface area contributed by atoms with Crippen molar-refractivity contribution in [1.82, 2.24) is 15.5 Å². The molecule has 1 unspecified atom stereocenters. The highest BCUT2D eigenvalue weighted by atomic mass is 35.5. The zero-order valence-corrected chi connectivity index (χ0v) is 16.9. The fourth-order valence-electron chi connectivity index (χ4n) is 3.36. The Balaban J connectivity index is 1.60. The van der Waals surface area contributed by atoms with Crippen LogP contribution in [0.5, 0.6) is 0 Å². The van der Waals surface area contributed by atoms with E-state index in [0.717, 1.165) is 47.4 Å². The zero-order chi connectivity index (χ0) is 28.4. The van der Waals surface area contributed by atoms with Crippen molar-refractivity contribution in [1.29, 1.82) is 0 Å². The van der Waals surface area contributed by atoms with E-state index in [1.54, 1.807) is 0 Å². The maximum Gasteiger partial charge on any atom is 0.349 e. The third kappa shape index (κ3) is 4.08. The first-order valence-corrected chi connectivity index (χ1v) is 9.67. The molecule has 0 saturated carbocycles. The predicted octanol–water partition coefficient (Wildman–Crippen LogP) is 2.51. The number of rotatable bonds is 5. The number of fused-ring (bicyclic) bond motifs is 1. The van der Waals surface area contributed by atoms with Gasteiger partial charge in [0.05, 0.1) is 2.74 Å². The van der Waals surface area contributed by atoms with Crippen LogP contribution in [0.15, 0.2) is 42.5 Å². The van der Waals surface area contributed by atoms with Gasteiger partial charge in [0.15, 0.2) is 2.82 Å². The van der Waals surface area contributed by atoms with Crippen molar-refractivity contribution in [2.24, 2.45) is 0 Å². The molecule has 2 aromatic carbocycles. The van der Waals surface area contributed by atoms with Crippen molar-refractivity contribution >= 4 is 35.2 Å². The smallest absolute Gasteiger partial charge is 0.346 e. The van der Waals surface area contributed by atoms with E-state index in [0.29, 0.717) is 0 Å². The summed E-state index contributed by atoms with van der Waals surface area (Å²) in [4.78, 5) is 50.7. The van der Waals surface area contributed by atoms with Crippen molar-refractivity contribution < 1.29 is 36.3 Å². The molecule has 4 rings (SSSR count). The third-order valence-electron chi connectivity index (χ3n) is 5.02. The van der Waals surface area contributed by atoms with Crippen LogP contribution in [-0.2, 0) is 33.3 Å². The lowest BCUT2D eigenvalue weighted by molar-refractivity contribution is -0.147. The molecule has 32 heavy (non-hydrogen) atoms. The Labute approximate surface area is 195 Å². The summed E-state index contributed by atoms with van der Waals surface area (Å²) in [6, 6.07) is 5.72. The molecule has 0 aromatic heterocycles. The number of benzene rings is 2. The first kappa shape index (κ1) is 15.5. The number of amides is 4. The number of carbonyl (C=O) groups is 4. The summed E-state index contributed by atoms with van der Waals surface area (Å²) in [5.41, 5.74) is -1.11. The zero-order valence-electron chi connectivity index (χ0n) is 22.1. The Hall–Kier alpha value is -3.33. The molecule has 1 fully saturated rings. The van der Waals surface area contributed by atoms with Gasteiger partial charge in [0.25, 0.3) is 11.8 Å². The fraction of sp³-hybridized carbons (Fsp3) is 0.273. The molecule has 2 heterocycles. The lowest BCUT2D eigenvalue weighted by atomic mass is 10.0. The van der Waals surface area contributed by atoms with E-state index < -0.39 is 71.3 Å². The average Bonchev–Trinajstić information content (AvgIpc) is 3.19. The number of piperidine rings is 1. The number of hydrogen-bond donors (Lipinski definition) is 2. The molecular formula is C22H18ClF2N3O4. The summed E-state index contributed by atoms with van der Waals surface area (Å²) in [5, 5.41) is -0.510. The van der Waals surface area contributed by atoms with E-state index in [9.17, 15) is 28.0 Å². The number of nitrogens with zero attached hydrogens (tertiary/aromatic N) is 1. The summed E-state index contributed by atoms with van der Waals surface area (Å²) < 4.78 is 77.1. The van der Waals surface area contributed by atoms with Crippen molar-refractivity contribution in [3.63, 3.8) is 0 Å². The van der Waals surface area contributed by atoms with Crippen LogP contribution >= 0.6 is 11.6 Å². The standard InChI is InChI=1S/C22H18ClF2N3O4/c23-15-4-2-14(3-5-15)22(24,25)21(32)26-10-12-1-6-16-13(9-12)11-28(20(16)31)17-7-8-18(29)27-19(17)30/h1-6,9,17H,7-8,10-11H2,(H,26,32)(H,27,29,30)/i8D2,10D2/hD2. The summed E-state index contributed by atoms with van der Waals surface area (Å²) >= 11 is 5.68. The summed E-state index contributed by atoms with van der Waals surface area (Å²) in [6.07, 6.45) is -3.28. The minimum absolute atomic E-state index is 0.0132. The molecule has 0 bridgehead atoms. The van der Waals surface area contributed by atoms with E-state index in [-0.39, 0.29) is 28.0 Å². The Morgan fingerprint density at radius 3 is 2.75 bits per heavy atom. The van der Waals surface area contributed by atoms with Gasteiger partial charge >= 0.3 is 5.92 Å². The molecule has 0 aliphatic carbocycles. The van der Waals surface area contributed by atoms with Gasteiger partial charge < -0.3 is 10.2 Å². The summed E-state index contributed by atoms with van der Waals surface area (Å²) in [6.45, 7) is -3.43. The molecule has 1 saturated heterocycles. The molecule has 2 aliphatic rings. The average molecular weight is 468 g/mol. The van der Waals surface area contributed by atoms with Gasteiger partial charge in [-0.1, -0.05) is 35.9 Å². The molecule has 4 amide bonds. The third-order valence-corrected chi connectivity index (χ3v) is 5.27. The molecule has 0 radical (unpaired) electrons. The van der Waals surface area contributed by atoms with Crippen LogP contribution in [0.3, 0.4) is 0 Å². The lowest BCUT2D eigenvalue weighted by Gasteiger charge is -2.29. The summed E-state index contributed by atoms with van der Waals surface area (Å²) in [7, 11) is 0. The maximum absolute atomic E-state index is 14.8. The topological polar surface area (TPSA) is 95.6 Å². The minimum atomic E-state index is -4.26. The molecule has 166 valence electrons. The second kappa shape index (κ2) is 8.31. The molecular weight excluding hydrogens is 444 g/mol. The Kier molecular flexibility index (Phi) is 4.02. The number of carbonyl (C=O) groups excluding carboxylic acids is 4. The highest BCUT2D eigenvalue weighted by Gasteiger charge is 2.41. The first-order chi connectivity index (χ1) is 17.5. The van der Waals surface area contributed by atoms with Crippen LogP contribution in [0.1, 0.15) is 45.3 Å². The van der Waals surface area contributed by atoms with Gasteiger partial charge in [0, 0.05) is 38.3 Å². The molecule has 1 atom stereocenters. The van der Waals surface area contributed by atoms with Crippen molar-refractivity contribution in [2.75, 3.05) is 0 Å². The Morgan fingerprint density at radius 2 is 2.03 bits per heavy atom. The van der Waals surface area contributed by atoms with Gasteiger partial charge in [-0.3, -0.25) is 24.5 Å². The molecule has 7 nitrogen and oxygen atoms in total. The van der Waals surface area contributed by atoms with Gasteiger partial charge in [-0.2, -0.15) is 8.78 Å². The number of nitrogens with one attached hydrogen (secondary N) is 2. The van der Waals surface area contributed by atoms with Crippen molar-refractivity contribution in [2.45, 2.75) is 37.8 Å². The van der Waals surface area contributed by atoms with E-state index in [2.05, 4.69) is 0 Å². The molecule has 10 heteroatoms. The number of hydrogen-bond acceptors (Lipinski definition) is 4. The second-order valence-electron chi connectivity index (χ2n) is 7.07.